The van der Waals surface area contributed by atoms with Crippen LogP contribution in [0.5, 0.6) is 5.75 Å². The first-order chi connectivity index (χ1) is 16.7. The van der Waals surface area contributed by atoms with Crippen molar-refractivity contribution in [2.75, 3.05) is 7.11 Å². The van der Waals surface area contributed by atoms with Gasteiger partial charge in [0, 0.05) is 6.04 Å². The number of carbonyl (C=O) groups excluding carboxylic acids is 2. The first-order valence-corrected chi connectivity index (χ1v) is 12.2. The van der Waals surface area contributed by atoms with E-state index in [0.717, 1.165) is 11.1 Å². The van der Waals surface area contributed by atoms with Gasteiger partial charge in [-0.3, -0.25) is 9.59 Å². The highest BCUT2D eigenvalue weighted by Crippen LogP contribution is 2.27. The number of ether oxygens (including phenoxy) is 2. The van der Waals surface area contributed by atoms with Crippen molar-refractivity contribution in [3.05, 3.63) is 95.6 Å². The van der Waals surface area contributed by atoms with Crippen LogP contribution in [0.25, 0.3) is 0 Å². The molecule has 0 bridgehead atoms. The summed E-state index contributed by atoms with van der Waals surface area (Å²) in [6.45, 7) is 1.89. The number of methoxy groups -OCH3 is 1. The van der Waals surface area contributed by atoms with E-state index in [4.69, 9.17) is 14.7 Å². The van der Waals surface area contributed by atoms with Gasteiger partial charge < -0.3 is 19.4 Å². The summed E-state index contributed by atoms with van der Waals surface area (Å²) < 4.78 is 40.5. The molecule has 9 heteroatoms. The van der Waals surface area contributed by atoms with Crippen molar-refractivity contribution in [1.29, 1.82) is 0 Å². The zero-order chi connectivity index (χ0) is 25.4. The normalized spacial score (nSPS) is 12.9. The Morgan fingerprint density at radius 1 is 0.914 bits per heavy atom. The molecule has 0 aromatic heterocycles. The molecule has 2 atom stereocenters. The summed E-state index contributed by atoms with van der Waals surface area (Å²) >= 11 is 0. The molecular formula is C26H27NO7S. The van der Waals surface area contributed by atoms with Gasteiger partial charge in [0.05, 0.1) is 19.4 Å². The van der Waals surface area contributed by atoms with E-state index in [1.165, 1.54) is 43.5 Å². The van der Waals surface area contributed by atoms with Crippen molar-refractivity contribution in [3.63, 3.8) is 0 Å². The number of hydrogen-bond donors (Lipinski definition) is 1. The lowest BCUT2D eigenvalue weighted by atomic mass is 9.90. The molecule has 0 aliphatic carbocycles. The highest BCUT2D eigenvalue weighted by molar-refractivity contribution is 7.87. The molecule has 0 saturated carbocycles. The van der Waals surface area contributed by atoms with Crippen LogP contribution < -0.4 is 9.92 Å². The van der Waals surface area contributed by atoms with E-state index in [1.54, 1.807) is 12.1 Å². The van der Waals surface area contributed by atoms with E-state index in [-0.39, 0.29) is 23.7 Å². The predicted molar refractivity (Wildman–Crippen MR) is 129 cm³/mol. The molecule has 0 heterocycles. The summed E-state index contributed by atoms with van der Waals surface area (Å²) in [5.41, 5.74) is 8.36. The third kappa shape index (κ3) is 7.14. The second-order valence-electron chi connectivity index (χ2n) is 7.93. The summed E-state index contributed by atoms with van der Waals surface area (Å²) in [4.78, 5) is 24.8. The maximum absolute atomic E-state index is 13.0. The molecule has 0 amide bonds. The number of aryl methyl sites for hydroxylation is 1. The summed E-state index contributed by atoms with van der Waals surface area (Å²) in [5, 5.41) is 0. The zero-order valence-corrected chi connectivity index (χ0v) is 20.2. The van der Waals surface area contributed by atoms with E-state index < -0.39 is 34.0 Å². The first kappa shape index (κ1) is 25.9. The Morgan fingerprint density at radius 3 is 2.14 bits per heavy atom. The van der Waals surface area contributed by atoms with E-state index in [0.29, 0.717) is 5.56 Å². The number of carbonyl (C=O) groups is 2. The van der Waals surface area contributed by atoms with Crippen LogP contribution in [0, 0.1) is 6.92 Å². The van der Waals surface area contributed by atoms with Gasteiger partial charge >= 0.3 is 22.1 Å². The SMILES string of the molecule is COC(=O)CC(N)C(C(=O)OCc1ccccc1)c1ccc(OS(=O)(=O)c2ccc(C)cc2)cc1. The average Bonchev–Trinajstić information content (AvgIpc) is 2.84. The Bertz CT molecular complexity index is 1240. The van der Waals surface area contributed by atoms with Gasteiger partial charge in [0.2, 0.25) is 0 Å². The Balaban J connectivity index is 1.79. The second-order valence-corrected chi connectivity index (χ2v) is 9.48. The van der Waals surface area contributed by atoms with Crippen LogP contribution in [0.1, 0.15) is 29.0 Å². The number of esters is 2. The topological polar surface area (TPSA) is 122 Å². The highest BCUT2D eigenvalue weighted by atomic mass is 32.2. The number of rotatable bonds is 10. The quantitative estimate of drug-likeness (QED) is 0.334. The van der Waals surface area contributed by atoms with Crippen LogP contribution in [0.2, 0.25) is 0 Å². The molecule has 0 aliphatic rings. The second kappa shape index (κ2) is 11.6. The lowest BCUT2D eigenvalue weighted by Gasteiger charge is -2.22. The predicted octanol–water partition coefficient (Wildman–Crippen LogP) is 3.48. The lowest BCUT2D eigenvalue weighted by molar-refractivity contribution is -0.148. The molecule has 2 N–H and O–H groups in total. The van der Waals surface area contributed by atoms with Crippen LogP contribution in [0.3, 0.4) is 0 Å². The van der Waals surface area contributed by atoms with Crippen molar-refractivity contribution in [3.8, 4) is 5.75 Å². The molecule has 0 aliphatic heterocycles. The summed E-state index contributed by atoms with van der Waals surface area (Å²) in [7, 11) is -2.80. The summed E-state index contributed by atoms with van der Waals surface area (Å²) in [6, 6.07) is 20.4. The Hall–Kier alpha value is -3.69. The molecule has 3 aromatic rings. The van der Waals surface area contributed by atoms with Crippen LogP contribution in [0.4, 0.5) is 0 Å². The standard InChI is InChI=1S/C26H27NO7S/c1-18-8-14-22(15-9-18)35(30,31)34-21-12-10-20(11-13-21)25(23(27)16-24(28)32-2)26(29)33-17-19-6-4-3-5-7-19/h3-15,23,25H,16-17,27H2,1-2H3. The van der Waals surface area contributed by atoms with Gasteiger partial charge in [0.15, 0.2) is 0 Å². The monoisotopic (exact) mass is 497 g/mol. The Labute approximate surface area is 204 Å². The van der Waals surface area contributed by atoms with Crippen molar-refractivity contribution >= 4 is 22.1 Å². The van der Waals surface area contributed by atoms with Gasteiger partial charge in [0.25, 0.3) is 0 Å². The molecule has 0 fully saturated rings. The number of nitrogens with two attached hydrogens (primary N) is 1. The van der Waals surface area contributed by atoms with Crippen LogP contribution >= 0.6 is 0 Å². The van der Waals surface area contributed by atoms with Crippen molar-refractivity contribution < 1.29 is 31.7 Å². The number of benzene rings is 3. The van der Waals surface area contributed by atoms with Crippen molar-refractivity contribution in [2.24, 2.45) is 5.73 Å². The minimum atomic E-state index is -4.03. The molecule has 2 unspecified atom stereocenters. The molecule has 0 saturated heterocycles. The molecule has 3 aromatic carbocycles. The van der Waals surface area contributed by atoms with Gasteiger partial charge in [-0.15, -0.1) is 0 Å². The maximum Gasteiger partial charge on any atom is 0.339 e. The molecular weight excluding hydrogens is 470 g/mol. The molecule has 0 radical (unpaired) electrons. The summed E-state index contributed by atoms with van der Waals surface area (Å²) in [6.07, 6.45) is -0.207. The van der Waals surface area contributed by atoms with Crippen LogP contribution in [-0.4, -0.2) is 33.5 Å². The van der Waals surface area contributed by atoms with Gasteiger partial charge in [-0.1, -0.05) is 60.2 Å². The average molecular weight is 498 g/mol. The fraction of sp³-hybridized carbons (Fsp3) is 0.231. The zero-order valence-electron chi connectivity index (χ0n) is 19.4. The van der Waals surface area contributed by atoms with Crippen molar-refractivity contribution in [1.82, 2.24) is 0 Å². The molecule has 184 valence electrons. The van der Waals surface area contributed by atoms with Gasteiger partial charge in [0.1, 0.15) is 17.3 Å². The summed E-state index contributed by atoms with van der Waals surface area (Å²) in [5.74, 6) is -2.11. The number of hydrogen-bond acceptors (Lipinski definition) is 8. The Kier molecular flexibility index (Phi) is 8.62. The minimum Gasteiger partial charge on any atom is -0.469 e. The largest absolute Gasteiger partial charge is 0.469 e. The molecule has 8 nitrogen and oxygen atoms in total. The third-order valence-corrected chi connectivity index (χ3v) is 6.55. The fourth-order valence-corrected chi connectivity index (χ4v) is 4.31. The smallest absolute Gasteiger partial charge is 0.339 e. The van der Waals surface area contributed by atoms with Crippen LogP contribution in [0.15, 0.2) is 83.8 Å². The van der Waals surface area contributed by atoms with Crippen LogP contribution in [-0.2, 0) is 35.8 Å². The lowest BCUT2D eigenvalue weighted by Crippen LogP contribution is -2.37. The minimum absolute atomic E-state index is 0.0228. The van der Waals surface area contributed by atoms with E-state index in [1.807, 2.05) is 37.3 Å². The van der Waals surface area contributed by atoms with E-state index >= 15 is 0 Å². The van der Waals surface area contributed by atoms with E-state index in [2.05, 4.69) is 4.74 Å². The molecule has 35 heavy (non-hydrogen) atoms. The van der Waals surface area contributed by atoms with Gasteiger partial charge in [-0.05, 0) is 42.3 Å². The molecule has 3 rings (SSSR count). The van der Waals surface area contributed by atoms with Gasteiger partial charge in [-0.2, -0.15) is 8.42 Å². The first-order valence-electron chi connectivity index (χ1n) is 10.8. The Morgan fingerprint density at radius 2 is 1.54 bits per heavy atom. The van der Waals surface area contributed by atoms with Gasteiger partial charge in [-0.25, -0.2) is 0 Å². The molecule has 0 spiro atoms. The maximum atomic E-state index is 13.0. The van der Waals surface area contributed by atoms with Crippen molar-refractivity contribution in [2.45, 2.75) is 36.8 Å². The van der Waals surface area contributed by atoms with E-state index in [9.17, 15) is 18.0 Å². The fourth-order valence-electron chi connectivity index (χ4n) is 3.38. The third-order valence-electron chi connectivity index (χ3n) is 5.29. The highest BCUT2D eigenvalue weighted by Gasteiger charge is 2.31.